The summed E-state index contributed by atoms with van der Waals surface area (Å²) in [5.74, 6) is 0.576. The van der Waals surface area contributed by atoms with Crippen LogP contribution in [0.15, 0.2) is 54.0 Å². The number of nitrogens with one attached hydrogen (secondary N) is 1. The average Bonchev–Trinajstić information content (AvgIpc) is 3.12. The number of aromatic nitrogens is 4. The Balaban J connectivity index is 1.64. The second-order valence-electron chi connectivity index (χ2n) is 6.89. The van der Waals surface area contributed by atoms with Crippen molar-refractivity contribution in [1.29, 1.82) is 0 Å². The largest absolute Gasteiger partial charge is 0.336 e. The Morgan fingerprint density at radius 3 is 2.74 bits per heavy atom. The predicted molar refractivity (Wildman–Crippen MR) is 105 cm³/mol. The lowest BCUT2D eigenvalue weighted by Crippen LogP contribution is -2.20. The molecule has 1 aliphatic heterocycles. The number of rotatable bonds is 4. The number of nitrogens with zero attached hydrogens (tertiary/aromatic N) is 5. The zero-order chi connectivity index (χ0) is 18.8. The first-order chi connectivity index (χ1) is 13.1. The lowest BCUT2D eigenvalue weighted by Gasteiger charge is -2.19. The van der Waals surface area contributed by atoms with Gasteiger partial charge in [-0.1, -0.05) is 6.07 Å². The molecule has 138 valence electrons. The molecular weight excluding hydrogens is 340 g/mol. The van der Waals surface area contributed by atoms with Crippen LogP contribution in [0, 0.1) is 0 Å². The van der Waals surface area contributed by atoms with Gasteiger partial charge in [-0.05, 0) is 50.2 Å². The molecule has 27 heavy (non-hydrogen) atoms. The van der Waals surface area contributed by atoms with E-state index in [2.05, 4.69) is 38.3 Å². The van der Waals surface area contributed by atoms with Gasteiger partial charge < -0.3 is 9.88 Å². The SMILES string of the molecule is CN1CCCC1c1ccc(-c2cc(Nc3ccncn3)c(=O)n(C)c2)nc1. The molecule has 0 saturated carbocycles. The minimum Gasteiger partial charge on any atom is -0.336 e. The molecule has 0 amide bonds. The third-order valence-corrected chi connectivity index (χ3v) is 5.02. The van der Waals surface area contributed by atoms with Gasteiger partial charge in [-0.3, -0.25) is 14.7 Å². The van der Waals surface area contributed by atoms with Gasteiger partial charge in [0.25, 0.3) is 5.56 Å². The van der Waals surface area contributed by atoms with Gasteiger partial charge in [0.2, 0.25) is 0 Å². The molecule has 1 unspecified atom stereocenters. The number of hydrogen-bond donors (Lipinski definition) is 1. The van der Waals surface area contributed by atoms with Gasteiger partial charge in [0.1, 0.15) is 17.8 Å². The van der Waals surface area contributed by atoms with E-state index in [-0.39, 0.29) is 5.56 Å². The molecule has 1 aliphatic rings. The summed E-state index contributed by atoms with van der Waals surface area (Å²) in [4.78, 5) is 27.5. The van der Waals surface area contributed by atoms with Gasteiger partial charge in [0.15, 0.2) is 0 Å². The summed E-state index contributed by atoms with van der Waals surface area (Å²) in [5.41, 5.74) is 3.28. The van der Waals surface area contributed by atoms with Crippen LogP contribution in [0.5, 0.6) is 0 Å². The standard InChI is InChI=1S/C20H22N6O/c1-25-9-3-4-18(25)14-5-6-16(22-11-14)15-10-17(20(27)26(2)12-15)24-19-7-8-21-13-23-19/h5-8,10-13,18H,3-4,9H2,1-2H3,(H,21,23,24). The van der Waals surface area contributed by atoms with Gasteiger partial charge in [-0.15, -0.1) is 0 Å². The molecule has 1 atom stereocenters. The highest BCUT2D eigenvalue weighted by atomic mass is 16.1. The molecule has 1 N–H and O–H groups in total. The summed E-state index contributed by atoms with van der Waals surface area (Å²) < 4.78 is 1.55. The Labute approximate surface area is 157 Å². The first-order valence-electron chi connectivity index (χ1n) is 9.02. The van der Waals surface area contributed by atoms with Crippen molar-refractivity contribution in [2.75, 3.05) is 18.9 Å². The summed E-state index contributed by atoms with van der Waals surface area (Å²) in [5, 5.41) is 3.07. The van der Waals surface area contributed by atoms with Gasteiger partial charge in [-0.2, -0.15) is 0 Å². The highest BCUT2D eigenvalue weighted by Crippen LogP contribution is 2.30. The fraction of sp³-hybridized carbons (Fsp3) is 0.300. The second-order valence-corrected chi connectivity index (χ2v) is 6.89. The number of aryl methyl sites for hydroxylation is 1. The van der Waals surface area contributed by atoms with Crippen molar-refractivity contribution in [3.05, 3.63) is 65.1 Å². The normalized spacial score (nSPS) is 17.2. The van der Waals surface area contributed by atoms with Crippen LogP contribution in [0.1, 0.15) is 24.4 Å². The number of anilines is 2. The van der Waals surface area contributed by atoms with Crippen LogP contribution >= 0.6 is 0 Å². The Hall–Kier alpha value is -3.06. The van der Waals surface area contributed by atoms with Gasteiger partial charge >= 0.3 is 0 Å². The first kappa shape index (κ1) is 17.4. The molecule has 7 heteroatoms. The molecule has 7 nitrogen and oxygen atoms in total. The van der Waals surface area contributed by atoms with Crippen LogP contribution < -0.4 is 10.9 Å². The Morgan fingerprint density at radius 2 is 2.07 bits per heavy atom. The summed E-state index contributed by atoms with van der Waals surface area (Å²) in [6.45, 7) is 1.13. The van der Waals surface area contributed by atoms with Crippen LogP contribution in [0.4, 0.5) is 11.5 Å². The molecule has 0 aliphatic carbocycles. The van der Waals surface area contributed by atoms with Crippen molar-refractivity contribution in [2.24, 2.45) is 7.05 Å². The molecule has 4 rings (SSSR count). The van der Waals surface area contributed by atoms with Gasteiger partial charge in [0, 0.05) is 37.2 Å². The number of hydrogen-bond acceptors (Lipinski definition) is 6. The summed E-state index contributed by atoms with van der Waals surface area (Å²) in [6, 6.07) is 8.14. The molecule has 4 heterocycles. The van der Waals surface area contributed by atoms with Crippen LogP contribution in [-0.4, -0.2) is 38.0 Å². The zero-order valence-electron chi connectivity index (χ0n) is 15.5. The van der Waals surface area contributed by atoms with Crippen molar-refractivity contribution >= 4 is 11.5 Å². The zero-order valence-corrected chi connectivity index (χ0v) is 15.5. The molecule has 0 radical (unpaired) electrons. The third kappa shape index (κ3) is 3.59. The van der Waals surface area contributed by atoms with E-state index in [1.54, 1.807) is 30.1 Å². The van der Waals surface area contributed by atoms with E-state index in [0.29, 0.717) is 17.5 Å². The maximum atomic E-state index is 12.5. The van der Waals surface area contributed by atoms with Crippen molar-refractivity contribution in [3.8, 4) is 11.3 Å². The molecule has 1 fully saturated rings. The van der Waals surface area contributed by atoms with E-state index in [9.17, 15) is 4.79 Å². The maximum absolute atomic E-state index is 12.5. The Bertz CT molecular complexity index is 984. The van der Waals surface area contributed by atoms with E-state index in [4.69, 9.17) is 0 Å². The lowest BCUT2D eigenvalue weighted by atomic mass is 10.1. The topological polar surface area (TPSA) is 75.9 Å². The van der Waals surface area contributed by atoms with Crippen molar-refractivity contribution in [1.82, 2.24) is 24.4 Å². The Kier molecular flexibility index (Phi) is 4.68. The smallest absolute Gasteiger partial charge is 0.274 e. The highest BCUT2D eigenvalue weighted by molar-refractivity contribution is 5.66. The van der Waals surface area contributed by atoms with E-state index >= 15 is 0 Å². The summed E-state index contributed by atoms with van der Waals surface area (Å²) in [6.07, 6.45) is 9.22. The van der Waals surface area contributed by atoms with Crippen LogP contribution in [0.25, 0.3) is 11.3 Å². The molecular formula is C20H22N6O. The lowest BCUT2D eigenvalue weighted by molar-refractivity contribution is 0.317. The summed E-state index contributed by atoms with van der Waals surface area (Å²) >= 11 is 0. The quantitative estimate of drug-likeness (QED) is 0.769. The monoisotopic (exact) mass is 362 g/mol. The minimum atomic E-state index is -0.124. The van der Waals surface area contributed by atoms with Crippen molar-refractivity contribution in [2.45, 2.75) is 18.9 Å². The van der Waals surface area contributed by atoms with E-state index < -0.39 is 0 Å². The predicted octanol–water partition coefficient (Wildman–Crippen LogP) is 2.75. The fourth-order valence-corrected chi connectivity index (χ4v) is 3.55. The molecule has 0 bridgehead atoms. The molecule has 3 aromatic heterocycles. The van der Waals surface area contributed by atoms with Crippen LogP contribution in [0.2, 0.25) is 0 Å². The van der Waals surface area contributed by atoms with E-state index in [0.717, 1.165) is 17.8 Å². The third-order valence-electron chi connectivity index (χ3n) is 5.02. The highest BCUT2D eigenvalue weighted by Gasteiger charge is 2.22. The van der Waals surface area contributed by atoms with Crippen molar-refractivity contribution in [3.63, 3.8) is 0 Å². The number of likely N-dealkylation sites (tertiary alicyclic amines) is 1. The van der Waals surface area contributed by atoms with Gasteiger partial charge in [0.05, 0.1) is 5.69 Å². The van der Waals surface area contributed by atoms with Crippen molar-refractivity contribution < 1.29 is 0 Å². The fourth-order valence-electron chi connectivity index (χ4n) is 3.55. The van der Waals surface area contributed by atoms with Crippen LogP contribution in [0.3, 0.4) is 0 Å². The molecule has 3 aromatic rings. The Morgan fingerprint density at radius 1 is 1.19 bits per heavy atom. The van der Waals surface area contributed by atoms with E-state index in [1.807, 2.05) is 18.3 Å². The van der Waals surface area contributed by atoms with Gasteiger partial charge in [-0.25, -0.2) is 9.97 Å². The molecule has 1 saturated heterocycles. The molecule has 0 spiro atoms. The second kappa shape index (κ2) is 7.28. The average molecular weight is 362 g/mol. The number of pyridine rings is 2. The van der Waals surface area contributed by atoms with Crippen LogP contribution in [-0.2, 0) is 7.05 Å². The first-order valence-corrected chi connectivity index (χ1v) is 9.02. The maximum Gasteiger partial charge on any atom is 0.274 e. The summed E-state index contributed by atoms with van der Waals surface area (Å²) in [7, 11) is 3.89. The van der Waals surface area contributed by atoms with E-state index in [1.165, 1.54) is 24.7 Å². The minimum absolute atomic E-state index is 0.124. The molecule has 0 aromatic carbocycles.